The van der Waals surface area contributed by atoms with Gasteiger partial charge in [-0.05, 0) is 27.2 Å². The first-order valence-electron chi connectivity index (χ1n) is 7.69. The highest BCUT2D eigenvalue weighted by Gasteiger charge is 2.26. The van der Waals surface area contributed by atoms with E-state index in [1.807, 2.05) is 0 Å². The number of ether oxygens (including phenoxy) is 1. The summed E-state index contributed by atoms with van der Waals surface area (Å²) in [5.41, 5.74) is -0.547. The Balaban J connectivity index is 2.25. The number of nitrogens with zero attached hydrogens (tertiary/aromatic N) is 2. The molecule has 1 saturated heterocycles. The van der Waals surface area contributed by atoms with E-state index in [0.717, 1.165) is 0 Å². The fourth-order valence-corrected chi connectivity index (χ4v) is 3.25. The number of carbonyl (C=O) groups is 2. The van der Waals surface area contributed by atoms with E-state index < -0.39 is 21.5 Å². The van der Waals surface area contributed by atoms with Crippen LogP contribution in [0.15, 0.2) is 0 Å². The van der Waals surface area contributed by atoms with Crippen molar-refractivity contribution < 1.29 is 22.7 Å². The minimum atomic E-state index is -2.96. The lowest BCUT2D eigenvalue weighted by Crippen LogP contribution is -2.51. The maximum absolute atomic E-state index is 12.1. The summed E-state index contributed by atoms with van der Waals surface area (Å²) >= 11 is 0. The highest BCUT2D eigenvalue weighted by Crippen LogP contribution is 2.08. The van der Waals surface area contributed by atoms with Crippen LogP contribution in [0, 0.1) is 0 Å². The van der Waals surface area contributed by atoms with Crippen LogP contribution in [0.1, 0.15) is 33.6 Å². The van der Waals surface area contributed by atoms with Gasteiger partial charge in [-0.1, -0.05) is 0 Å². The molecule has 1 aliphatic rings. The fourth-order valence-electron chi connectivity index (χ4n) is 2.07. The first kappa shape index (κ1) is 19.7. The normalized spacial score (nSPS) is 18.3. The molecule has 9 heteroatoms. The number of hydrazine groups is 1. The van der Waals surface area contributed by atoms with Gasteiger partial charge >= 0.3 is 6.09 Å². The second kappa shape index (κ2) is 7.96. The first-order valence-corrected chi connectivity index (χ1v) is 9.51. The third-order valence-electron chi connectivity index (χ3n) is 3.34. The van der Waals surface area contributed by atoms with Gasteiger partial charge in [-0.2, -0.15) is 0 Å². The van der Waals surface area contributed by atoms with E-state index in [4.69, 9.17) is 4.74 Å². The predicted molar refractivity (Wildman–Crippen MR) is 86.5 cm³/mol. The van der Waals surface area contributed by atoms with Crippen molar-refractivity contribution in [2.45, 2.75) is 39.2 Å². The molecule has 8 nitrogen and oxygen atoms in total. The Kier molecular flexibility index (Phi) is 6.82. The van der Waals surface area contributed by atoms with Crippen LogP contribution >= 0.6 is 0 Å². The summed E-state index contributed by atoms with van der Waals surface area (Å²) in [7, 11) is -1.32. The van der Waals surface area contributed by atoms with Gasteiger partial charge in [0.2, 0.25) is 5.91 Å². The van der Waals surface area contributed by atoms with Gasteiger partial charge in [0, 0.05) is 33.1 Å². The first-order chi connectivity index (χ1) is 10.5. The van der Waals surface area contributed by atoms with Crippen molar-refractivity contribution in [3.63, 3.8) is 0 Å². The molecule has 1 fully saturated rings. The number of hydrogen-bond donors (Lipinski definition) is 1. The van der Waals surface area contributed by atoms with E-state index in [-0.39, 0.29) is 23.8 Å². The minimum Gasteiger partial charge on any atom is -0.444 e. The monoisotopic (exact) mass is 349 g/mol. The average Bonchev–Trinajstić information content (AvgIpc) is 2.40. The standard InChI is InChI=1S/C14H27N3O5S/c1-14(2,3)22-13(19)15-7-5-6-12(18)16(4)17-8-10-23(20,21)11-9-17/h5-11H2,1-4H3,(H,15,19). The summed E-state index contributed by atoms with van der Waals surface area (Å²) < 4.78 is 27.9. The summed E-state index contributed by atoms with van der Waals surface area (Å²) in [6.45, 7) is 6.36. The number of sulfone groups is 1. The van der Waals surface area contributed by atoms with Gasteiger partial charge in [-0.15, -0.1) is 0 Å². The summed E-state index contributed by atoms with van der Waals surface area (Å²) in [4.78, 5) is 23.5. The minimum absolute atomic E-state index is 0.0742. The van der Waals surface area contributed by atoms with Crippen LogP contribution in [0.2, 0.25) is 0 Å². The zero-order valence-corrected chi connectivity index (χ0v) is 15.1. The summed E-state index contributed by atoms with van der Waals surface area (Å²) in [6, 6.07) is 0. The molecule has 134 valence electrons. The maximum Gasteiger partial charge on any atom is 0.407 e. The molecular weight excluding hydrogens is 322 g/mol. The van der Waals surface area contributed by atoms with E-state index in [2.05, 4.69) is 5.32 Å². The quantitative estimate of drug-likeness (QED) is 0.722. The van der Waals surface area contributed by atoms with Gasteiger partial charge < -0.3 is 10.1 Å². The van der Waals surface area contributed by atoms with Crippen LogP contribution in [0.3, 0.4) is 0 Å². The van der Waals surface area contributed by atoms with E-state index in [0.29, 0.717) is 26.1 Å². The number of hydrogen-bond acceptors (Lipinski definition) is 6. The van der Waals surface area contributed by atoms with E-state index in [1.54, 1.807) is 32.8 Å². The molecule has 0 aliphatic carbocycles. The maximum atomic E-state index is 12.1. The molecule has 0 unspecified atom stereocenters. The van der Waals surface area contributed by atoms with Crippen molar-refractivity contribution in [2.24, 2.45) is 0 Å². The lowest BCUT2D eigenvalue weighted by molar-refractivity contribution is -0.145. The molecule has 0 spiro atoms. The van der Waals surface area contributed by atoms with Crippen LogP contribution in [0.25, 0.3) is 0 Å². The summed E-state index contributed by atoms with van der Waals surface area (Å²) in [5, 5.41) is 5.81. The molecule has 0 radical (unpaired) electrons. The molecule has 1 rings (SSSR count). The Hall–Kier alpha value is -1.35. The molecule has 0 bridgehead atoms. The third kappa shape index (κ3) is 7.65. The molecule has 2 amide bonds. The fraction of sp³-hybridized carbons (Fsp3) is 0.857. The van der Waals surface area contributed by atoms with Crippen LogP contribution < -0.4 is 5.32 Å². The van der Waals surface area contributed by atoms with E-state index >= 15 is 0 Å². The van der Waals surface area contributed by atoms with Gasteiger partial charge in [0.1, 0.15) is 5.60 Å². The highest BCUT2D eigenvalue weighted by atomic mass is 32.2. The molecule has 0 aromatic heterocycles. The molecule has 0 aromatic carbocycles. The van der Waals surface area contributed by atoms with E-state index in [9.17, 15) is 18.0 Å². The smallest absolute Gasteiger partial charge is 0.407 e. The molecule has 23 heavy (non-hydrogen) atoms. The Labute approximate surface area is 138 Å². The second-order valence-electron chi connectivity index (χ2n) is 6.56. The van der Waals surface area contributed by atoms with Crippen molar-refractivity contribution in [1.82, 2.24) is 15.3 Å². The van der Waals surface area contributed by atoms with Crippen molar-refractivity contribution >= 4 is 21.8 Å². The molecule has 1 aliphatic heterocycles. The van der Waals surface area contributed by atoms with Crippen LogP contribution in [-0.4, -0.2) is 74.2 Å². The van der Waals surface area contributed by atoms with Crippen molar-refractivity contribution in [2.75, 3.05) is 38.2 Å². The highest BCUT2D eigenvalue weighted by molar-refractivity contribution is 7.91. The van der Waals surface area contributed by atoms with Crippen molar-refractivity contribution in [3.05, 3.63) is 0 Å². The zero-order chi connectivity index (χ0) is 17.7. The zero-order valence-electron chi connectivity index (χ0n) is 14.3. The molecular formula is C14H27N3O5S. The van der Waals surface area contributed by atoms with Gasteiger partial charge in [-0.25, -0.2) is 18.2 Å². The number of alkyl carbamates (subject to hydrolysis) is 1. The number of carbonyl (C=O) groups excluding carboxylic acids is 2. The lowest BCUT2D eigenvalue weighted by Gasteiger charge is -2.34. The number of rotatable bonds is 5. The average molecular weight is 349 g/mol. The van der Waals surface area contributed by atoms with Gasteiger partial charge in [0.15, 0.2) is 9.84 Å². The largest absolute Gasteiger partial charge is 0.444 e. The predicted octanol–water partition coefficient (Wildman–Crippen LogP) is 0.395. The molecule has 0 aromatic rings. The summed E-state index contributed by atoms with van der Waals surface area (Å²) in [5.74, 6) is 0.0469. The molecule has 0 saturated carbocycles. The third-order valence-corrected chi connectivity index (χ3v) is 4.95. The van der Waals surface area contributed by atoms with Gasteiger partial charge in [0.25, 0.3) is 0 Å². The Morgan fingerprint density at radius 1 is 1.22 bits per heavy atom. The van der Waals surface area contributed by atoms with Crippen molar-refractivity contribution in [3.8, 4) is 0 Å². The Morgan fingerprint density at radius 3 is 2.30 bits per heavy atom. The topological polar surface area (TPSA) is 96.0 Å². The SMILES string of the molecule is CN(C(=O)CCCNC(=O)OC(C)(C)C)N1CCS(=O)(=O)CC1. The molecule has 1 N–H and O–H groups in total. The van der Waals surface area contributed by atoms with Crippen LogP contribution in [-0.2, 0) is 19.4 Å². The van der Waals surface area contributed by atoms with Crippen molar-refractivity contribution in [1.29, 1.82) is 0 Å². The van der Waals surface area contributed by atoms with E-state index in [1.165, 1.54) is 5.01 Å². The lowest BCUT2D eigenvalue weighted by atomic mass is 10.2. The van der Waals surface area contributed by atoms with Crippen LogP contribution in [0.4, 0.5) is 4.79 Å². The number of amides is 2. The molecule has 0 atom stereocenters. The van der Waals surface area contributed by atoms with Crippen LogP contribution in [0.5, 0.6) is 0 Å². The Morgan fingerprint density at radius 2 is 1.78 bits per heavy atom. The second-order valence-corrected chi connectivity index (χ2v) is 8.86. The Bertz CT molecular complexity index is 513. The number of nitrogens with one attached hydrogen (secondary N) is 1. The summed E-state index contributed by atoms with van der Waals surface area (Å²) in [6.07, 6.45) is 0.268. The molecule has 1 heterocycles. The van der Waals surface area contributed by atoms with Gasteiger partial charge in [-0.3, -0.25) is 9.80 Å². The van der Waals surface area contributed by atoms with Gasteiger partial charge in [0.05, 0.1) is 11.5 Å².